The quantitative estimate of drug-likeness (QED) is 0.627. The second kappa shape index (κ2) is 6.67. The number of benzene rings is 1. The molecule has 1 aliphatic rings. The van der Waals surface area contributed by atoms with Gasteiger partial charge < -0.3 is 4.90 Å². The first-order valence-electron chi connectivity index (χ1n) is 7.15. The molecule has 0 aliphatic carbocycles. The molecule has 0 spiro atoms. The largest absolute Gasteiger partial charge is 0.349 e. The highest BCUT2D eigenvalue weighted by atomic mass is 16.6. The van der Waals surface area contributed by atoms with Crippen LogP contribution in [0.4, 0.5) is 5.69 Å². The van der Waals surface area contributed by atoms with Crippen LogP contribution in [0.2, 0.25) is 0 Å². The van der Waals surface area contributed by atoms with Crippen molar-refractivity contribution in [3.63, 3.8) is 0 Å². The molecule has 6 nitrogen and oxygen atoms in total. The van der Waals surface area contributed by atoms with E-state index in [1.807, 2.05) is 6.07 Å². The van der Waals surface area contributed by atoms with E-state index in [1.54, 1.807) is 31.1 Å². The van der Waals surface area contributed by atoms with E-state index in [-0.39, 0.29) is 22.4 Å². The highest BCUT2D eigenvalue weighted by Crippen LogP contribution is 2.24. The van der Waals surface area contributed by atoms with Gasteiger partial charge in [-0.1, -0.05) is 18.2 Å². The summed E-state index contributed by atoms with van der Waals surface area (Å²) in [6, 6.07) is 6.85. The lowest BCUT2D eigenvalue weighted by atomic mass is 9.95. The number of nitro benzene ring substituents is 1. The number of likely N-dealkylation sites (tertiary alicyclic amines) is 1. The summed E-state index contributed by atoms with van der Waals surface area (Å²) < 4.78 is 0. The number of amides is 1. The van der Waals surface area contributed by atoms with Gasteiger partial charge in [0.1, 0.15) is 0 Å². The topological polar surface area (TPSA) is 66.7 Å². The Kier molecular flexibility index (Phi) is 4.90. The SMILES string of the molecule is CN(C)C(=O)C1CCN(Cc2ccccc2[N+](=O)[O-])CC1. The molecular formula is C15H21N3O3. The van der Waals surface area contributed by atoms with E-state index in [2.05, 4.69) is 4.90 Å². The molecule has 1 aromatic rings. The predicted molar refractivity (Wildman–Crippen MR) is 79.8 cm³/mol. The Morgan fingerprint density at radius 2 is 1.95 bits per heavy atom. The van der Waals surface area contributed by atoms with Crippen LogP contribution in [-0.4, -0.2) is 47.8 Å². The lowest BCUT2D eigenvalue weighted by Crippen LogP contribution is -2.39. The fourth-order valence-electron chi connectivity index (χ4n) is 2.77. The first-order chi connectivity index (χ1) is 9.99. The monoisotopic (exact) mass is 291 g/mol. The second-order valence-electron chi connectivity index (χ2n) is 5.67. The van der Waals surface area contributed by atoms with Crippen molar-refractivity contribution in [1.29, 1.82) is 0 Å². The van der Waals surface area contributed by atoms with E-state index in [1.165, 1.54) is 6.07 Å². The fourth-order valence-corrected chi connectivity index (χ4v) is 2.77. The summed E-state index contributed by atoms with van der Waals surface area (Å²) in [5.41, 5.74) is 0.906. The Hall–Kier alpha value is -1.95. The number of hydrogen-bond donors (Lipinski definition) is 0. The Balaban J connectivity index is 1.95. The van der Waals surface area contributed by atoms with Crippen molar-refractivity contribution in [1.82, 2.24) is 9.80 Å². The number of rotatable bonds is 4. The molecule has 0 saturated carbocycles. The van der Waals surface area contributed by atoms with E-state index in [0.717, 1.165) is 31.5 Å². The highest BCUT2D eigenvalue weighted by Gasteiger charge is 2.26. The van der Waals surface area contributed by atoms with Gasteiger partial charge in [0.15, 0.2) is 0 Å². The maximum absolute atomic E-state index is 11.9. The van der Waals surface area contributed by atoms with Crippen molar-refractivity contribution in [3.05, 3.63) is 39.9 Å². The van der Waals surface area contributed by atoms with Crippen LogP contribution < -0.4 is 0 Å². The van der Waals surface area contributed by atoms with Crippen LogP contribution in [0.15, 0.2) is 24.3 Å². The molecular weight excluding hydrogens is 270 g/mol. The number of para-hydroxylation sites is 1. The lowest BCUT2D eigenvalue weighted by molar-refractivity contribution is -0.385. The zero-order valence-electron chi connectivity index (χ0n) is 12.5. The maximum Gasteiger partial charge on any atom is 0.273 e. The Morgan fingerprint density at radius 3 is 2.52 bits per heavy atom. The minimum atomic E-state index is -0.336. The van der Waals surface area contributed by atoms with Gasteiger partial charge in [0, 0.05) is 38.2 Å². The third-order valence-corrected chi connectivity index (χ3v) is 3.96. The molecule has 1 heterocycles. The zero-order valence-corrected chi connectivity index (χ0v) is 12.5. The molecule has 1 saturated heterocycles. The van der Waals surface area contributed by atoms with Crippen molar-refractivity contribution in [2.24, 2.45) is 5.92 Å². The molecule has 0 atom stereocenters. The summed E-state index contributed by atoms with van der Waals surface area (Å²) in [4.78, 5) is 26.4. The van der Waals surface area contributed by atoms with E-state index in [0.29, 0.717) is 6.54 Å². The van der Waals surface area contributed by atoms with Crippen LogP contribution in [0.3, 0.4) is 0 Å². The van der Waals surface area contributed by atoms with Gasteiger partial charge in [-0.25, -0.2) is 0 Å². The van der Waals surface area contributed by atoms with E-state index in [9.17, 15) is 14.9 Å². The zero-order chi connectivity index (χ0) is 15.4. The molecule has 2 rings (SSSR count). The van der Waals surface area contributed by atoms with Crippen LogP contribution in [0.25, 0.3) is 0 Å². The minimum absolute atomic E-state index is 0.0852. The molecule has 0 aromatic heterocycles. The van der Waals surface area contributed by atoms with Crippen molar-refractivity contribution >= 4 is 11.6 Å². The van der Waals surface area contributed by atoms with Gasteiger partial charge >= 0.3 is 0 Å². The molecule has 6 heteroatoms. The fraction of sp³-hybridized carbons (Fsp3) is 0.533. The van der Waals surface area contributed by atoms with E-state index in [4.69, 9.17) is 0 Å². The summed E-state index contributed by atoms with van der Waals surface area (Å²) >= 11 is 0. The third-order valence-electron chi connectivity index (χ3n) is 3.96. The highest BCUT2D eigenvalue weighted by molar-refractivity contribution is 5.78. The first-order valence-corrected chi connectivity index (χ1v) is 7.15. The molecule has 1 fully saturated rings. The van der Waals surface area contributed by atoms with Crippen LogP contribution >= 0.6 is 0 Å². The molecule has 0 N–H and O–H groups in total. The molecule has 114 valence electrons. The second-order valence-corrected chi connectivity index (χ2v) is 5.67. The Bertz CT molecular complexity index is 523. The standard InChI is InChI=1S/C15H21N3O3/c1-16(2)15(19)12-7-9-17(10-8-12)11-13-5-3-4-6-14(13)18(20)21/h3-6,12H,7-11H2,1-2H3. The third kappa shape index (κ3) is 3.78. The number of nitrogens with zero attached hydrogens (tertiary/aromatic N) is 3. The summed E-state index contributed by atoms with van der Waals surface area (Å²) in [5, 5.41) is 11.0. The number of carbonyl (C=O) groups is 1. The number of piperidine rings is 1. The van der Waals surface area contributed by atoms with Gasteiger partial charge in [-0.3, -0.25) is 19.8 Å². The van der Waals surface area contributed by atoms with Crippen molar-refractivity contribution in [2.45, 2.75) is 19.4 Å². The van der Waals surface area contributed by atoms with Gasteiger partial charge in [-0.05, 0) is 25.9 Å². The van der Waals surface area contributed by atoms with Gasteiger partial charge in [-0.15, -0.1) is 0 Å². The molecule has 1 aromatic carbocycles. The van der Waals surface area contributed by atoms with Gasteiger partial charge in [0.2, 0.25) is 5.91 Å². The number of nitro groups is 1. The van der Waals surface area contributed by atoms with Crippen molar-refractivity contribution in [3.8, 4) is 0 Å². The molecule has 0 radical (unpaired) electrons. The predicted octanol–water partition coefficient (Wildman–Crippen LogP) is 1.89. The lowest BCUT2D eigenvalue weighted by Gasteiger charge is -2.32. The van der Waals surface area contributed by atoms with Crippen LogP contribution in [0.5, 0.6) is 0 Å². The van der Waals surface area contributed by atoms with Crippen LogP contribution in [0, 0.1) is 16.0 Å². The summed E-state index contributed by atoms with van der Waals surface area (Å²) in [6.45, 7) is 2.17. The summed E-state index contributed by atoms with van der Waals surface area (Å²) in [5.74, 6) is 0.266. The minimum Gasteiger partial charge on any atom is -0.349 e. The van der Waals surface area contributed by atoms with E-state index >= 15 is 0 Å². The van der Waals surface area contributed by atoms with Crippen LogP contribution in [-0.2, 0) is 11.3 Å². The molecule has 0 unspecified atom stereocenters. The Labute approximate surface area is 124 Å². The van der Waals surface area contributed by atoms with E-state index < -0.39 is 0 Å². The van der Waals surface area contributed by atoms with Gasteiger partial charge in [-0.2, -0.15) is 0 Å². The molecule has 21 heavy (non-hydrogen) atoms. The van der Waals surface area contributed by atoms with Crippen LogP contribution in [0.1, 0.15) is 18.4 Å². The molecule has 0 bridgehead atoms. The average Bonchev–Trinajstić information content (AvgIpc) is 2.47. The average molecular weight is 291 g/mol. The summed E-state index contributed by atoms with van der Waals surface area (Å²) in [7, 11) is 3.56. The Morgan fingerprint density at radius 1 is 1.33 bits per heavy atom. The number of hydrogen-bond acceptors (Lipinski definition) is 4. The smallest absolute Gasteiger partial charge is 0.273 e. The van der Waals surface area contributed by atoms with Gasteiger partial charge in [0.25, 0.3) is 5.69 Å². The summed E-state index contributed by atoms with van der Waals surface area (Å²) in [6.07, 6.45) is 1.63. The normalized spacial score (nSPS) is 16.7. The molecule has 1 amide bonds. The number of carbonyl (C=O) groups excluding carboxylic acids is 1. The van der Waals surface area contributed by atoms with Gasteiger partial charge in [0.05, 0.1) is 4.92 Å². The maximum atomic E-state index is 11.9. The molecule has 1 aliphatic heterocycles. The van der Waals surface area contributed by atoms with Crippen molar-refractivity contribution in [2.75, 3.05) is 27.2 Å². The van der Waals surface area contributed by atoms with Crippen molar-refractivity contribution < 1.29 is 9.72 Å². The first kappa shape index (κ1) is 15.4.